The summed E-state index contributed by atoms with van der Waals surface area (Å²) in [7, 11) is 2.14. The Bertz CT molecular complexity index is 1540. The molecule has 2 aliphatic carbocycles. The summed E-state index contributed by atoms with van der Waals surface area (Å²) < 4.78 is 21.3. The van der Waals surface area contributed by atoms with E-state index in [9.17, 15) is 9.18 Å². The highest BCUT2D eigenvalue weighted by molar-refractivity contribution is 5.93. The smallest absolute Gasteiger partial charge is 0.162 e. The molecule has 0 radical (unpaired) electrons. The number of benzene rings is 2. The number of aromatic nitrogens is 4. The van der Waals surface area contributed by atoms with Crippen LogP contribution in [-0.2, 0) is 4.79 Å². The molecular weight excluding hydrogens is 505 g/mol. The highest BCUT2D eigenvalue weighted by Gasteiger charge is 2.32. The number of halogens is 1. The Hall–Kier alpha value is -3.91. The summed E-state index contributed by atoms with van der Waals surface area (Å²) in [5.41, 5.74) is 3.37. The fourth-order valence-electron chi connectivity index (χ4n) is 5.81. The van der Waals surface area contributed by atoms with Crippen molar-refractivity contribution in [2.75, 3.05) is 13.6 Å². The Morgan fingerprint density at radius 3 is 2.67 bits per heavy atom. The van der Waals surface area contributed by atoms with E-state index in [2.05, 4.69) is 21.9 Å². The van der Waals surface area contributed by atoms with Crippen LogP contribution in [0.15, 0.2) is 67.0 Å². The molecular formula is C32H34FN5O2. The van der Waals surface area contributed by atoms with Crippen molar-refractivity contribution >= 4 is 16.8 Å². The van der Waals surface area contributed by atoms with Gasteiger partial charge in [-0.1, -0.05) is 18.6 Å². The van der Waals surface area contributed by atoms with Crippen molar-refractivity contribution in [3.05, 3.63) is 78.5 Å². The zero-order valence-corrected chi connectivity index (χ0v) is 23.0. The van der Waals surface area contributed by atoms with E-state index in [-0.39, 0.29) is 23.6 Å². The molecule has 206 valence electrons. The Morgan fingerprint density at radius 1 is 1.10 bits per heavy atom. The number of likely N-dealkylation sites (N-methyl/N-ethyl adjacent to an activating group) is 1. The molecule has 7 nitrogen and oxygen atoms in total. The van der Waals surface area contributed by atoms with Gasteiger partial charge in [0.2, 0.25) is 0 Å². The van der Waals surface area contributed by atoms with Gasteiger partial charge in [0.15, 0.2) is 11.4 Å². The maximum Gasteiger partial charge on any atom is 0.162 e. The maximum atomic E-state index is 13.5. The van der Waals surface area contributed by atoms with Crippen molar-refractivity contribution in [2.24, 2.45) is 5.92 Å². The molecule has 0 saturated heterocycles. The van der Waals surface area contributed by atoms with Gasteiger partial charge >= 0.3 is 0 Å². The molecule has 0 amide bonds. The van der Waals surface area contributed by atoms with Crippen LogP contribution in [0.5, 0.6) is 11.5 Å². The molecule has 2 fully saturated rings. The van der Waals surface area contributed by atoms with E-state index in [0.29, 0.717) is 17.5 Å². The molecule has 6 rings (SSSR count). The van der Waals surface area contributed by atoms with Crippen molar-refractivity contribution in [3.8, 4) is 22.8 Å². The first-order chi connectivity index (χ1) is 19.5. The van der Waals surface area contributed by atoms with Crippen molar-refractivity contribution in [2.45, 2.75) is 57.5 Å². The minimum atomic E-state index is -0.343. The van der Waals surface area contributed by atoms with Crippen LogP contribution in [0.2, 0.25) is 0 Å². The molecule has 2 aromatic carbocycles. The van der Waals surface area contributed by atoms with Gasteiger partial charge in [-0.3, -0.25) is 9.69 Å². The van der Waals surface area contributed by atoms with Crippen molar-refractivity contribution in [3.63, 3.8) is 0 Å². The van der Waals surface area contributed by atoms with Gasteiger partial charge in [-0.15, -0.1) is 0 Å². The first-order valence-corrected chi connectivity index (χ1v) is 14.1. The van der Waals surface area contributed by atoms with E-state index >= 15 is 0 Å². The highest BCUT2D eigenvalue weighted by atomic mass is 19.1. The molecule has 2 aromatic heterocycles. The van der Waals surface area contributed by atoms with Crippen molar-refractivity contribution in [1.29, 1.82) is 0 Å². The Labute approximate surface area is 233 Å². The quantitative estimate of drug-likeness (QED) is 0.221. The van der Waals surface area contributed by atoms with Crippen LogP contribution in [0.4, 0.5) is 4.39 Å². The normalized spacial score (nSPS) is 19.5. The van der Waals surface area contributed by atoms with E-state index in [1.807, 2.05) is 41.9 Å². The Morgan fingerprint density at radius 2 is 1.93 bits per heavy atom. The van der Waals surface area contributed by atoms with Crippen LogP contribution < -0.4 is 4.74 Å². The number of carbonyl (C=O) groups is 1. The predicted molar refractivity (Wildman–Crippen MR) is 153 cm³/mol. The third-order valence-electron chi connectivity index (χ3n) is 8.36. The number of carbonyl (C=O) groups excluding carboxylic acids is 1. The lowest BCUT2D eigenvalue weighted by Gasteiger charge is -2.33. The number of hydrogen-bond donors (Lipinski definition) is 0. The third-order valence-corrected chi connectivity index (χ3v) is 8.36. The Balaban J connectivity index is 1.19. The standard InChI is InChI=1S/C32H34FN5O2/c1-21-30-31(22-12-15-27(16-13-22)40-28-9-3-6-24(33)19-28)36-38(32(30)35-20-34-21)26-14-11-23(18-26)29(39)10-5-17-37(2)25-7-4-8-25/h3,5-6,9-10,12-13,15-16,19-20,23,25-26H,4,7-8,11,14,17-18H2,1-2H3/b10-5+/t23?,26-/m1/s1. The second-order valence-corrected chi connectivity index (χ2v) is 11.0. The number of aryl methyl sites for hydroxylation is 1. The van der Waals surface area contributed by atoms with Gasteiger partial charge in [-0.2, -0.15) is 5.10 Å². The molecule has 0 aliphatic heterocycles. The van der Waals surface area contributed by atoms with Crippen molar-refractivity contribution in [1.82, 2.24) is 24.6 Å². The fourth-order valence-corrected chi connectivity index (χ4v) is 5.81. The summed E-state index contributed by atoms with van der Waals surface area (Å²) in [5, 5.41) is 5.94. The molecule has 4 aromatic rings. The lowest BCUT2D eigenvalue weighted by atomic mass is 9.92. The number of ether oxygens (including phenoxy) is 1. The van der Waals surface area contributed by atoms with Gasteiger partial charge in [0, 0.05) is 30.1 Å². The molecule has 0 bridgehead atoms. The zero-order chi connectivity index (χ0) is 27.6. The van der Waals surface area contributed by atoms with Crippen LogP contribution in [0.1, 0.15) is 50.3 Å². The Kier molecular flexibility index (Phi) is 7.43. The van der Waals surface area contributed by atoms with E-state index in [4.69, 9.17) is 9.84 Å². The molecule has 2 heterocycles. The van der Waals surface area contributed by atoms with Crippen LogP contribution >= 0.6 is 0 Å². The molecule has 2 saturated carbocycles. The maximum absolute atomic E-state index is 13.5. The van der Waals surface area contributed by atoms with E-state index in [1.54, 1.807) is 24.5 Å². The number of nitrogens with zero attached hydrogens (tertiary/aromatic N) is 5. The van der Waals surface area contributed by atoms with Gasteiger partial charge in [-0.05, 0) is 88.5 Å². The molecule has 1 unspecified atom stereocenters. The monoisotopic (exact) mass is 539 g/mol. The molecule has 8 heteroatoms. The number of fused-ring (bicyclic) bond motifs is 1. The fraction of sp³-hybridized carbons (Fsp3) is 0.375. The molecule has 2 atom stereocenters. The molecule has 2 aliphatic rings. The third kappa shape index (κ3) is 5.41. The second-order valence-electron chi connectivity index (χ2n) is 11.0. The molecule has 0 spiro atoms. The van der Waals surface area contributed by atoms with E-state index < -0.39 is 0 Å². The zero-order valence-electron chi connectivity index (χ0n) is 23.0. The van der Waals surface area contributed by atoms with Crippen LogP contribution in [0.3, 0.4) is 0 Å². The largest absolute Gasteiger partial charge is 0.457 e. The number of ketones is 1. The summed E-state index contributed by atoms with van der Waals surface area (Å²) in [4.78, 5) is 24.4. The van der Waals surface area contributed by atoms with Crippen molar-refractivity contribution < 1.29 is 13.9 Å². The van der Waals surface area contributed by atoms with Crippen LogP contribution in [0, 0.1) is 18.7 Å². The number of hydrogen-bond acceptors (Lipinski definition) is 6. The minimum Gasteiger partial charge on any atom is -0.457 e. The SMILES string of the molecule is Cc1ncnc2c1c(-c1ccc(Oc3cccc(F)c3)cc1)nn2[C@@H]1CCC(C(=O)/C=C/CN(C)C2CCC2)C1. The van der Waals surface area contributed by atoms with Crippen LogP contribution in [-0.4, -0.2) is 50.1 Å². The highest BCUT2D eigenvalue weighted by Crippen LogP contribution is 2.39. The van der Waals surface area contributed by atoms with Gasteiger partial charge in [-0.25, -0.2) is 19.0 Å². The first kappa shape index (κ1) is 26.3. The van der Waals surface area contributed by atoms with Gasteiger partial charge in [0.05, 0.1) is 17.1 Å². The topological polar surface area (TPSA) is 73.1 Å². The number of allylic oxidation sites excluding steroid dienone is 1. The molecule has 0 N–H and O–H groups in total. The molecule has 40 heavy (non-hydrogen) atoms. The van der Waals surface area contributed by atoms with Gasteiger partial charge in [0.1, 0.15) is 29.3 Å². The summed E-state index contributed by atoms with van der Waals surface area (Å²) in [5.74, 6) is 0.915. The summed E-state index contributed by atoms with van der Waals surface area (Å²) in [6.07, 6.45) is 11.7. The van der Waals surface area contributed by atoms with Gasteiger partial charge in [0.25, 0.3) is 0 Å². The van der Waals surface area contributed by atoms with Gasteiger partial charge < -0.3 is 4.74 Å². The summed E-state index contributed by atoms with van der Waals surface area (Å²) >= 11 is 0. The average molecular weight is 540 g/mol. The average Bonchev–Trinajstić information content (AvgIpc) is 3.54. The predicted octanol–water partition coefficient (Wildman–Crippen LogP) is 6.68. The minimum absolute atomic E-state index is 0.000138. The van der Waals surface area contributed by atoms with E-state index in [1.165, 1.54) is 31.4 Å². The van der Waals surface area contributed by atoms with E-state index in [0.717, 1.165) is 53.8 Å². The lowest BCUT2D eigenvalue weighted by Crippen LogP contribution is -2.37. The second kappa shape index (κ2) is 11.3. The number of rotatable bonds is 9. The lowest BCUT2D eigenvalue weighted by molar-refractivity contribution is -0.118. The first-order valence-electron chi connectivity index (χ1n) is 14.1. The summed E-state index contributed by atoms with van der Waals surface area (Å²) in [6, 6.07) is 14.4. The summed E-state index contributed by atoms with van der Waals surface area (Å²) in [6.45, 7) is 2.79. The van der Waals surface area contributed by atoms with Crippen LogP contribution in [0.25, 0.3) is 22.3 Å².